The summed E-state index contributed by atoms with van der Waals surface area (Å²) in [7, 11) is -2.39. The Morgan fingerprint density at radius 3 is 0.730 bits per heavy atom. The molecule has 0 amide bonds. The first-order valence-corrected chi connectivity index (χ1v) is 13.6. The smallest absolute Gasteiger partial charge is 0 e. The molecule has 4 aromatic carbocycles. The molecule has 0 aliphatic heterocycles. The van der Waals surface area contributed by atoms with Crippen LogP contribution in [0.5, 0.6) is 0 Å². The molecule has 0 spiro atoms. The quantitative estimate of drug-likeness (QED) is 0.105. The first-order chi connectivity index (χ1) is 17.8. The number of hydrogen-bond acceptors (Lipinski definition) is 1. The fraction of sp³-hybridized carbons (Fsp3) is 0. The Morgan fingerprint density at radius 2 is 0.568 bits per heavy atom. The molecule has 0 fully saturated rings. The number of thiocarbonyl (C=S) groups is 1. The summed E-state index contributed by atoms with van der Waals surface area (Å²) >= 11 is 6.32. The van der Waals surface area contributed by atoms with E-state index in [1.54, 1.807) is 0 Å². The first kappa shape index (κ1) is 36.5. The molecule has 0 atom stereocenters. The molecule has 0 saturated carbocycles. The van der Waals surface area contributed by atoms with Crippen molar-refractivity contribution in [2.24, 2.45) is 0 Å². The summed E-state index contributed by atoms with van der Waals surface area (Å²) < 4.78 is 31.2. The SMILES string of the molecule is S=C([PH+](c1ccccc1)c1ccccc1)[PH+](c1ccccc1)c1ccccc1.[C-]#[O+].[C-]#[O+].[C-]#[O+].[C-]#[O+].[Mn]. The second kappa shape index (κ2) is 23.7. The Hall–Kier alpha value is -2.69. The van der Waals surface area contributed by atoms with E-state index in [0.717, 1.165) is 0 Å². The summed E-state index contributed by atoms with van der Waals surface area (Å²) in [5, 5.41) is 5.44. The van der Waals surface area contributed by atoms with Gasteiger partial charge in [-0.1, -0.05) is 72.8 Å². The molecule has 183 valence electrons. The molecule has 0 N–H and O–H groups in total. The van der Waals surface area contributed by atoms with E-state index in [1.165, 1.54) is 25.6 Å². The number of benzene rings is 4. The van der Waals surface area contributed by atoms with Crippen LogP contribution in [-0.2, 0) is 35.7 Å². The van der Waals surface area contributed by atoms with Crippen LogP contribution in [0, 0.1) is 26.6 Å². The zero-order valence-electron chi connectivity index (χ0n) is 19.5. The Morgan fingerprint density at radius 1 is 0.405 bits per heavy atom. The molecule has 4 nitrogen and oxygen atoms in total. The minimum Gasteiger partial charge on any atom is 0 e. The summed E-state index contributed by atoms with van der Waals surface area (Å²) in [6, 6.07) is 43.3. The summed E-state index contributed by atoms with van der Waals surface area (Å²) in [6.07, 6.45) is 0. The van der Waals surface area contributed by atoms with Gasteiger partial charge in [0.25, 0.3) is 4.35 Å². The van der Waals surface area contributed by atoms with Gasteiger partial charge in [-0.05, 0) is 48.5 Å². The van der Waals surface area contributed by atoms with Crippen LogP contribution in [-0.4, -0.2) is 4.35 Å². The van der Waals surface area contributed by atoms with Crippen molar-refractivity contribution >= 4 is 53.6 Å². The van der Waals surface area contributed by atoms with Crippen LogP contribution in [0.4, 0.5) is 0 Å². The summed E-state index contributed by atoms with van der Waals surface area (Å²) in [6.45, 7) is 18.0. The van der Waals surface area contributed by atoms with Crippen molar-refractivity contribution in [2.75, 3.05) is 0 Å². The van der Waals surface area contributed by atoms with Crippen LogP contribution in [0.2, 0.25) is 0 Å². The molecule has 0 aliphatic rings. The van der Waals surface area contributed by atoms with E-state index in [1.807, 2.05) is 0 Å². The predicted octanol–water partition coefficient (Wildman–Crippen LogP) is 4.85. The van der Waals surface area contributed by atoms with Crippen molar-refractivity contribution in [2.45, 2.75) is 0 Å². The standard InChI is InChI=1S/C25H20P2S.4CO.Mn/c28-25(26(21-13-5-1-6-14-21)22-15-7-2-8-16-22)27(23-17-9-3-10-18-23)24-19-11-4-12-20-24;4*1-2;/h1-20H;;;;;/p+2. The second-order valence-corrected chi connectivity index (χ2v) is 13.0. The zero-order chi connectivity index (χ0) is 27.2. The summed E-state index contributed by atoms with van der Waals surface area (Å²) in [5.41, 5.74) is 0. The average molecular weight is 583 g/mol. The fourth-order valence-corrected chi connectivity index (χ4v) is 11.4. The van der Waals surface area contributed by atoms with E-state index in [4.69, 9.17) is 30.8 Å². The molecular formula is C29H22MnO4P2S+2. The third kappa shape index (κ3) is 11.5. The Labute approximate surface area is 236 Å². The maximum absolute atomic E-state index is 7.50. The molecule has 8 heteroatoms. The molecule has 0 unspecified atom stereocenters. The third-order valence-corrected chi connectivity index (χ3v) is 12.0. The normalized spacial score (nSPS) is 8.49. The van der Waals surface area contributed by atoms with Crippen molar-refractivity contribution in [1.82, 2.24) is 0 Å². The van der Waals surface area contributed by atoms with Crippen LogP contribution in [0.15, 0.2) is 121 Å². The molecular weight excluding hydrogens is 561 g/mol. The van der Waals surface area contributed by atoms with Gasteiger partial charge in [0.05, 0.1) is 0 Å². The molecule has 0 bridgehead atoms. The van der Waals surface area contributed by atoms with Crippen molar-refractivity contribution in [1.29, 1.82) is 0 Å². The van der Waals surface area contributed by atoms with Crippen LogP contribution >= 0.6 is 28.1 Å². The van der Waals surface area contributed by atoms with E-state index in [-0.39, 0.29) is 17.1 Å². The van der Waals surface area contributed by atoms with Gasteiger partial charge in [-0.15, -0.1) is 0 Å². The van der Waals surface area contributed by atoms with Gasteiger partial charge in [-0.3, -0.25) is 0 Å². The third-order valence-electron chi connectivity index (χ3n) is 4.70. The zero-order valence-corrected chi connectivity index (χ0v) is 23.5. The maximum Gasteiger partial charge on any atom is 0 e. The van der Waals surface area contributed by atoms with Crippen LogP contribution in [0.3, 0.4) is 0 Å². The van der Waals surface area contributed by atoms with Crippen LogP contribution < -0.4 is 21.2 Å². The number of hydrogen-bond donors (Lipinski definition) is 0. The molecule has 0 heterocycles. The molecule has 1 radical (unpaired) electrons. The van der Waals surface area contributed by atoms with E-state index >= 15 is 0 Å². The second-order valence-electron chi connectivity index (χ2n) is 6.54. The maximum atomic E-state index is 7.50. The fourth-order valence-electron chi connectivity index (χ4n) is 3.40. The van der Waals surface area contributed by atoms with Gasteiger partial charge in [0, 0.05) is 29.3 Å². The van der Waals surface area contributed by atoms with E-state index in [9.17, 15) is 0 Å². The van der Waals surface area contributed by atoms with Gasteiger partial charge in [-0.25, -0.2) is 0 Å². The molecule has 37 heavy (non-hydrogen) atoms. The number of rotatable bonds is 6. The van der Waals surface area contributed by atoms with Crippen molar-refractivity contribution in [3.05, 3.63) is 148 Å². The van der Waals surface area contributed by atoms with Crippen LogP contribution in [0.25, 0.3) is 0 Å². The van der Waals surface area contributed by atoms with Gasteiger partial charge in [0.15, 0.2) is 0 Å². The van der Waals surface area contributed by atoms with Gasteiger partial charge >= 0.3 is 45.2 Å². The van der Waals surface area contributed by atoms with Gasteiger partial charge < -0.3 is 0 Å². The molecule has 0 aliphatic carbocycles. The van der Waals surface area contributed by atoms with Crippen molar-refractivity contribution in [3.63, 3.8) is 0 Å². The Bertz CT molecular complexity index is 1030. The van der Waals surface area contributed by atoms with Gasteiger partial charge in [0.1, 0.15) is 37.1 Å². The monoisotopic (exact) mass is 583 g/mol. The summed E-state index contributed by atoms with van der Waals surface area (Å²) in [4.78, 5) is 0. The topological polar surface area (TPSA) is 79.6 Å². The van der Waals surface area contributed by atoms with E-state index in [0.29, 0.717) is 0 Å². The van der Waals surface area contributed by atoms with E-state index in [2.05, 4.69) is 148 Å². The molecule has 0 saturated heterocycles. The Kier molecular flexibility index (Phi) is 23.4. The molecule has 0 aromatic heterocycles. The predicted molar refractivity (Wildman–Crippen MR) is 149 cm³/mol. The van der Waals surface area contributed by atoms with Crippen LogP contribution in [0.1, 0.15) is 0 Å². The molecule has 4 aromatic rings. The van der Waals surface area contributed by atoms with Crippen molar-refractivity contribution in [3.8, 4) is 0 Å². The van der Waals surface area contributed by atoms with Gasteiger partial charge in [0.2, 0.25) is 0 Å². The average Bonchev–Trinajstić information content (AvgIpc) is 3.00. The van der Waals surface area contributed by atoms with E-state index < -0.39 is 15.8 Å². The minimum atomic E-state index is -1.19. The first-order valence-electron chi connectivity index (χ1n) is 10.2. The molecule has 4 rings (SSSR count). The Balaban J connectivity index is 0. The largest absolute Gasteiger partial charge is 0 e. The van der Waals surface area contributed by atoms with Crippen molar-refractivity contribution < 1.29 is 35.7 Å². The summed E-state index contributed by atoms with van der Waals surface area (Å²) in [5.74, 6) is 0. The van der Waals surface area contributed by atoms with Gasteiger partial charge in [-0.2, -0.15) is 0 Å². The minimum absolute atomic E-state index is 0.